The first-order valence-electron chi connectivity index (χ1n) is 7.65. The highest BCUT2D eigenvalue weighted by Crippen LogP contribution is 2.10. The van der Waals surface area contributed by atoms with Gasteiger partial charge in [0.25, 0.3) is 0 Å². The van der Waals surface area contributed by atoms with E-state index in [0.717, 1.165) is 0 Å². The third-order valence-corrected chi connectivity index (χ3v) is 3.18. The molecule has 23 heavy (non-hydrogen) atoms. The van der Waals surface area contributed by atoms with Crippen LogP contribution in [0, 0.1) is 11.7 Å². The van der Waals surface area contributed by atoms with Crippen LogP contribution in [-0.4, -0.2) is 22.6 Å². The standard InChI is InChI=1S/C17H21FN4O/c1-12(2)11-17(23)20-16-8-7-15(21-22-16)19-10-9-13-5-3-4-6-14(13)18/h3-8,12H,9-11H2,1-2H3,(H,19,21)(H,20,22,23). The van der Waals surface area contributed by atoms with Crippen LogP contribution in [0.2, 0.25) is 0 Å². The minimum Gasteiger partial charge on any atom is -0.368 e. The van der Waals surface area contributed by atoms with Gasteiger partial charge in [0.05, 0.1) is 0 Å². The zero-order valence-corrected chi connectivity index (χ0v) is 13.3. The molecular formula is C17H21FN4O. The maximum atomic E-state index is 13.5. The van der Waals surface area contributed by atoms with E-state index in [1.165, 1.54) is 6.07 Å². The largest absolute Gasteiger partial charge is 0.368 e. The van der Waals surface area contributed by atoms with E-state index in [-0.39, 0.29) is 11.7 Å². The summed E-state index contributed by atoms with van der Waals surface area (Å²) in [5.74, 6) is 1.03. The Kier molecular flexibility index (Phi) is 6.02. The Hall–Kier alpha value is -2.50. The van der Waals surface area contributed by atoms with Crippen molar-refractivity contribution in [3.63, 3.8) is 0 Å². The number of halogens is 1. The van der Waals surface area contributed by atoms with E-state index in [2.05, 4.69) is 20.8 Å². The summed E-state index contributed by atoms with van der Waals surface area (Å²) in [5.41, 5.74) is 0.658. The molecule has 2 rings (SSSR count). The Bertz CT molecular complexity index is 643. The SMILES string of the molecule is CC(C)CC(=O)Nc1ccc(NCCc2ccccc2F)nn1. The molecule has 0 radical (unpaired) electrons. The van der Waals surface area contributed by atoms with Crippen molar-refractivity contribution in [3.05, 3.63) is 47.8 Å². The topological polar surface area (TPSA) is 66.9 Å². The smallest absolute Gasteiger partial charge is 0.225 e. The Labute approximate surface area is 135 Å². The van der Waals surface area contributed by atoms with Gasteiger partial charge >= 0.3 is 0 Å². The van der Waals surface area contributed by atoms with Crippen molar-refractivity contribution < 1.29 is 9.18 Å². The van der Waals surface area contributed by atoms with Crippen molar-refractivity contribution in [3.8, 4) is 0 Å². The Morgan fingerprint density at radius 3 is 2.48 bits per heavy atom. The molecule has 6 heteroatoms. The number of amides is 1. The van der Waals surface area contributed by atoms with E-state index in [9.17, 15) is 9.18 Å². The summed E-state index contributed by atoms with van der Waals surface area (Å²) in [6.45, 7) is 4.51. The Morgan fingerprint density at radius 2 is 1.83 bits per heavy atom. The monoisotopic (exact) mass is 316 g/mol. The number of carbonyl (C=O) groups excluding carboxylic acids is 1. The summed E-state index contributed by atoms with van der Waals surface area (Å²) in [5, 5.41) is 13.7. The highest BCUT2D eigenvalue weighted by atomic mass is 19.1. The fourth-order valence-corrected chi connectivity index (χ4v) is 2.08. The molecule has 1 heterocycles. The number of rotatable bonds is 7. The number of hydrogen-bond donors (Lipinski definition) is 2. The predicted octanol–water partition coefficient (Wildman–Crippen LogP) is 3.25. The summed E-state index contributed by atoms with van der Waals surface area (Å²) in [6.07, 6.45) is 1.01. The van der Waals surface area contributed by atoms with E-state index >= 15 is 0 Å². The fourth-order valence-electron chi connectivity index (χ4n) is 2.08. The second-order valence-corrected chi connectivity index (χ2v) is 5.72. The lowest BCUT2D eigenvalue weighted by Gasteiger charge is -2.08. The Balaban J connectivity index is 1.81. The molecule has 1 aromatic carbocycles. The first-order valence-corrected chi connectivity index (χ1v) is 7.65. The number of aromatic nitrogens is 2. The van der Waals surface area contributed by atoms with Crippen LogP contribution >= 0.6 is 0 Å². The number of anilines is 2. The van der Waals surface area contributed by atoms with Crippen LogP contribution in [-0.2, 0) is 11.2 Å². The van der Waals surface area contributed by atoms with Gasteiger partial charge in [0.1, 0.15) is 11.6 Å². The molecule has 0 aliphatic carbocycles. The molecule has 0 aliphatic heterocycles. The molecule has 0 atom stereocenters. The molecule has 0 aliphatic rings. The molecule has 0 spiro atoms. The van der Waals surface area contributed by atoms with E-state index in [0.29, 0.717) is 42.5 Å². The molecule has 1 amide bonds. The van der Waals surface area contributed by atoms with Crippen molar-refractivity contribution in [1.82, 2.24) is 10.2 Å². The van der Waals surface area contributed by atoms with Crippen molar-refractivity contribution >= 4 is 17.5 Å². The van der Waals surface area contributed by atoms with Gasteiger partial charge in [0, 0.05) is 13.0 Å². The molecule has 0 saturated carbocycles. The van der Waals surface area contributed by atoms with Gasteiger partial charge in [-0.2, -0.15) is 0 Å². The van der Waals surface area contributed by atoms with Crippen molar-refractivity contribution in [2.24, 2.45) is 5.92 Å². The molecule has 122 valence electrons. The van der Waals surface area contributed by atoms with Crippen LogP contribution in [0.4, 0.5) is 16.0 Å². The van der Waals surface area contributed by atoms with E-state index in [1.54, 1.807) is 24.3 Å². The van der Waals surface area contributed by atoms with Gasteiger partial charge < -0.3 is 10.6 Å². The summed E-state index contributed by atoms with van der Waals surface area (Å²) < 4.78 is 13.5. The average molecular weight is 316 g/mol. The summed E-state index contributed by atoms with van der Waals surface area (Å²) in [6, 6.07) is 10.1. The summed E-state index contributed by atoms with van der Waals surface area (Å²) in [7, 11) is 0. The number of hydrogen-bond acceptors (Lipinski definition) is 4. The maximum Gasteiger partial charge on any atom is 0.225 e. The zero-order chi connectivity index (χ0) is 16.7. The lowest BCUT2D eigenvalue weighted by Crippen LogP contribution is -2.15. The summed E-state index contributed by atoms with van der Waals surface area (Å²) in [4.78, 5) is 11.6. The molecule has 0 saturated heterocycles. The molecule has 2 N–H and O–H groups in total. The van der Waals surface area contributed by atoms with Gasteiger partial charge in [0.2, 0.25) is 5.91 Å². The minimum atomic E-state index is -0.205. The van der Waals surface area contributed by atoms with Crippen LogP contribution in [0.15, 0.2) is 36.4 Å². The normalized spacial score (nSPS) is 10.6. The number of benzene rings is 1. The maximum absolute atomic E-state index is 13.5. The van der Waals surface area contributed by atoms with E-state index < -0.39 is 0 Å². The van der Waals surface area contributed by atoms with Crippen molar-refractivity contribution in [2.45, 2.75) is 26.7 Å². The van der Waals surface area contributed by atoms with Crippen molar-refractivity contribution in [1.29, 1.82) is 0 Å². The van der Waals surface area contributed by atoms with E-state index in [4.69, 9.17) is 0 Å². The molecule has 0 unspecified atom stereocenters. The predicted molar refractivity (Wildman–Crippen MR) is 88.7 cm³/mol. The summed E-state index contributed by atoms with van der Waals surface area (Å²) >= 11 is 0. The number of nitrogens with zero attached hydrogens (tertiary/aromatic N) is 2. The third-order valence-electron chi connectivity index (χ3n) is 3.18. The minimum absolute atomic E-state index is 0.0745. The lowest BCUT2D eigenvalue weighted by molar-refractivity contribution is -0.116. The molecule has 0 fully saturated rings. The first kappa shape index (κ1) is 16.9. The van der Waals surface area contributed by atoms with Gasteiger partial charge in [0.15, 0.2) is 5.82 Å². The molecule has 5 nitrogen and oxygen atoms in total. The fraction of sp³-hybridized carbons (Fsp3) is 0.353. The van der Waals surface area contributed by atoms with Gasteiger partial charge in [-0.25, -0.2) is 4.39 Å². The van der Waals surface area contributed by atoms with Crippen LogP contribution < -0.4 is 10.6 Å². The van der Waals surface area contributed by atoms with Gasteiger partial charge in [-0.05, 0) is 36.1 Å². The quantitative estimate of drug-likeness (QED) is 0.823. The molecule has 2 aromatic rings. The molecular weight excluding hydrogens is 295 g/mol. The van der Waals surface area contributed by atoms with Crippen LogP contribution in [0.3, 0.4) is 0 Å². The van der Waals surface area contributed by atoms with E-state index in [1.807, 2.05) is 19.9 Å². The van der Waals surface area contributed by atoms with Gasteiger partial charge in [-0.3, -0.25) is 4.79 Å². The average Bonchev–Trinajstić information content (AvgIpc) is 2.50. The number of carbonyl (C=O) groups is 1. The first-order chi connectivity index (χ1) is 11.0. The highest BCUT2D eigenvalue weighted by molar-refractivity contribution is 5.89. The third kappa shape index (κ3) is 5.65. The van der Waals surface area contributed by atoms with Crippen LogP contribution in [0.1, 0.15) is 25.8 Å². The second kappa shape index (κ2) is 8.22. The van der Waals surface area contributed by atoms with Crippen molar-refractivity contribution in [2.75, 3.05) is 17.2 Å². The van der Waals surface area contributed by atoms with Gasteiger partial charge in [-0.15, -0.1) is 10.2 Å². The molecule has 0 bridgehead atoms. The highest BCUT2D eigenvalue weighted by Gasteiger charge is 2.06. The Morgan fingerprint density at radius 1 is 1.13 bits per heavy atom. The van der Waals surface area contributed by atoms with Crippen LogP contribution in [0.25, 0.3) is 0 Å². The second-order valence-electron chi connectivity index (χ2n) is 5.72. The zero-order valence-electron chi connectivity index (χ0n) is 13.3. The molecule has 1 aromatic heterocycles. The number of nitrogens with one attached hydrogen (secondary N) is 2. The van der Waals surface area contributed by atoms with Crippen LogP contribution in [0.5, 0.6) is 0 Å². The van der Waals surface area contributed by atoms with Gasteiger partial charge in [-0.1, -0.05) is 32.0 Å². The lowest BCUT2D eigenvalue weighted by atomic mass is 10.1.